The Morgan fingerprint density at radius 2 is 2.24 bits per heavy atom. The molecule has 0 bridgehead atoms. The van der Waals surface area contributed by atoms with Gasteiger partial charge in [0.2, 0.25) is 0 Å². The van der Waals surface area contributed by atoms with Gasteiger partial charge in [0.1, 0.15) is 17.4 Å². The quantitative estimate of drug-likeness (QED) is 0.582. The van der Waals surface area contributed by atoms with Crippen molar-refractivity contribution in [2.75, 3.05) is 13.7 Å². The maximum atomic E-state index is 11.7. The van der Waals surface area contributed by atoms with Gasteiger partial charge in [0, 0.05) is 5.56 Å². The molecule has 1 rings (SSSR count). The fourth-order valence-corrected chi connectivity index (χ4v) is 1.39. The Bertz CT molecular complexity index is 488. The Balaban J connectivity index is 3.46. The average Bonchev–Trinajstić information content (AvgIpc) is 2.36. The second-order valence-corrected chi connectivity index (χ2v) is 3.06. The minimum Gasteiger partial charge on any atom is -0.496 e. The van der Waals surface area contributed by atoms with E-state index >= 15 is 0 Å². The maximum absolute atomic E-state index is 11.7. The van der Waals surface area contributed by atoms with Crippen molar-refractivity contribution in [2.24, 2.45) is 0 Å². The van der Waals surface area contributed by atoms with Crippen molar-refractivity contribution in [1.82, 2.24) is 0 Å². The van der Waals surface area contributed by atoms with Crippen LogP contribution in [-0.4, -0.2) is 26.0 Å². The topological polar surface area (TPSA) is 76.4 Å². The van der Waals surface area contributed by atoms with Crippen LogP contribution in [0.15, 0.2) is 12.1 Å². The van der Waals surface area contributed by atoms with Crippen molar-refractivity contribution in [3.8, 4) is 11.8 Å². The fourth-order valence-electron chi connectivity index (χ4n) is 1.39. The van der Waals surface area contributed by atoms with Crippen LogP contribution in [0.1, 0.15) is 33.2 Å². The molecule has 5 nitrogen and oxygen atoms in total. The standard InChI is InChI=1S/C12H11NO4/c1-3-17-12(15)11-9(6-13)8(7-14)4-5-10(11)16-2/h4-5,7H,3H2,1-2H3. The summed E-state index contributed by atoms with van der Waals surface area (Å²) in [6.07, 6.45) is 0.515. The highest BCUT2D eigenvalue weighted by molar-refractivity contribution is 5.98. The Kier molecular flexibility index (Phi) is 4.23. The summed E-state index contributed by atoms with van der Waals surface area (Å²) in [5.74, 6) is -0.463. The van der Waals surface area contributed by atoms with E-state index in [2.05, 4.69) is 0 Å². The van der Waals surface area contributed by atoms with Crippen LogP contribution in [0.4, 0.5) is 0 Å². The number of methoxy groups -OCH3 is 1. The predicted octanol–water partition coefficient (Wildman–Crippen LogP) is 1.56. The molecule has 0 atom stereocenters. The van der Waals surface area contributed by atoms with E-state index in [4.69, 9.17) is 14.7 Å². The van der Waals surface area contributed by atoms with Crippen molar-refractivity contribution >= 4 is 12.3 Å². The van der Waals surface area contributed by atoms with Gasteiger partial charge < -0.3 is 9.47 Å². The number of rotatable bonds is 4. The molecule has 0 aromatic heterocycles. The van der Waals surface area contributed by atoms with Gasteiger partial charge >= 0.3 is 5.97 Å². The van der Waals surface area contributed by atoms with Crippen LogP contribution in [0.3, 0.4) is 0 Å². The summed E-state index contributed by atoms with van der Waals surface area (Å²) >= 11 is 0. The summed E-state index contributed by atoms with van der Waals surface area (Å²) in [7, 11) is 1.37. The van der Waals surface area contributed by atoms with Gasteiger partial charge in [0.05, 0.1) is 19.3 Å². The van der Waals surface area contributed by atoms with Crippen molar-refractivity contribution < 1.29 is 19.1 Å². The van der Waals surface area contributed by atoms with Gasteiger partial charge in [-0.05, 0) is 19.1 Å². The molecule has 0 spiro atoms. The first-order valence-electron chi connectivity index (χ1n) is 4.93. The second-order valence-electron chi connectivity index (χ2n) is 3.06. The molecule has 0 fully saturated rings. The van der Waals surface area contributed by atoms with Crippen LogP contribution in [0.25, 0.3) is 0 Å². The lowest BCUT2D eigenvalue weighted by atomic mass is 10.0. The molecule has 0 N–H and O–H groups in total. The molecule has 0 unspecified atom stereocenters. The molecule has 88 valence electrons. The third-order valence-electron chi connectivity index (χ3n) is 2.14. The van der Waals surface area contributed by atoms with Crippen molar-refractivity contribution in [3.05, 3.63) is 28.8 Å². The number of aldehydes is 1. The largest absolute Gasteiger partial charge is 0.496 e. The van der Waals surface area contributed by atoms with E-state index < -0.39 is 5.97 Å². The van der Waals surface area contributed by atoms with Crippen molar-refractivity contribution in [3.63, 3.8) is 0 Å². The second kappa shape index (κ2) is 5.66. The molecule has 0 aliphatic heterocycles. The molecule has 0 saturated heterocycles. The summed E-state index contributed by atoms with van der Waals surface area (Å²) in [6.45, 7) is 1.83. The third-order valence-corrected chi connectivity index (χ3v) is 2.14. The van der Waals surface area contributed by atoms with Crippen molar-refractivity contribution in [2.45, 2.75) is 6.92 Å². The average molecular weight is 233 g/mol. The number of benzene rings is 1. The number of nitrogens with zero attached hydrogens (tertiary/aromatic N) is 1. The highest BCUT2D eigenvalue weighted by Crippen LogP contribution is 2.25. The lowest BCUT2D eigenvalue weighted by Gasteiger charge is -2.10. The maximum Gasteiger partial charge on any atom is 0.343 e. The van der Waals surface area contributed by atoms with E-state index in [0.717, 1.165) is 0 Å². The monoisotopic (exact) mass is 233 g/mol. The minimum absolute atomic E-state index is 0.0125. The Morgan fingerprint density at radius 3 is 2.71 bits per heavy atom. The molecule has 0 amide bonds. The highest BCUT2D eigenvalue weighted by Gasteiger charge is 2.21. The first kappa shape index (κ1) is 12.7. The van der Waals surface area contributed by atoms with Gasteiger partial charge in [0.15, 0.2) is 6.29 Å². The highest BCUT2D eigenvalue weighted by atomic mass is 16.5. The predicted molar refractivity (Wildman–Crippen MR) is 59.1 cm³/mol. The first-order chi connectivity index (χ1) is 8.19. The number of carbonyl (C=O) groups is 2. The van der Waals surface area contributed by atoms with Gasteiger partial charge in [-0.3, -0.25) is 4.79 Å². The molecule has 0 heterocycles. The smallest absolute Gasteiger partial charge is 0.343 e. The Morgan fingerprint density at radius 1 is 1.53 bits per heavy atom. The van der Waals surface area contributed by atoms with Gasteiger partial charge in [-0.1, -0.05) is 0 Å². The van der Waals surface area contributed by atoms with Crippen LogP contribution < -0.4 is 4.74 Å². The molecular formula is C12H11NO4. The number of carbonyl (C=O) groups excluding carboxylic acids is 2. The number of ether oxygens (including phenoxy) is 2. The zero-order valence-electron chi connectivity index (χ0n) is 9.52. The summed E-state index contributed by atoms with van der Waals surface area (Å²) in [5, 5.41) is 9.00. The molecular weight excluding hydrogens is 222 g/mol. The Labute approximate surface area is 98.6 Å². The molecule has 1 aromatic carbocycles. The number of hydrogen-bond donors (Lipinski definition) is 0. The van der Waals surface area contributed by atoms with Crippen molar-refractivity contribution in [1.29, 1.82) is 5.26 Å². The van der Waals surface area contributed by atoms with E-state index in [1.807, 2.05) is 6.07 Å². The van der Waals surface area contributed by atoms with Crippen LogP contribution in [-0.2, 0) is 4.74 Å². The van der Waals surface area contributed by atoms with Gasteiger partial charge in [-0.15, -0.1) is 0 Å². The zero-order valence-corrected chi connectivity index (χ0v) is 9.52. The SMILES string of the molecule is CCOC(=O)c1c(OC)ccc(C=O)c1C#N. The van der Waals surface area contributed by atoms with Gasteiger partial charge in [0.25, 0.3) is 0 Å². The molecule has 17 heavy (non-hydrogen) atoms. The van der Waals surface area contributed by atoms with Crippen LogP contribution in [0, 0.1) is 11.3 Å². The van der Waals surface area contributed by atoms with Crippen LogP contribution >= 0.6 is 0 Å². The van der Waals surface area contributed by atoms with Crippen LogP contribution in [0.2, 0.25) is 0 Å². The van der Waals surface area contributed by atoms with Gasteiger partial charge in [-0.25, -0.2) is 4.79 Å². The summed E-state index contributed by atoms with van der Waals surface area (Å²) in [4.78, 5) is 22.5. The van der Waals surface area contributed by atoms with E-state index in [0.29, 0.717) is 6.29 Å². The summed E-state index contributed by atoms with van der Waals surface area (Å²) in [6, 6.07) is 4.70. The lowest BCUT2D eigenvalue weighted by Crippen LogP contribution is -2.10. The fraction of sp³-hybridized carbons (Fsp3) is 0.250. The number of esters is 1. The number of hydrogen-bond acceptors (Lipinski definition) is 5. The van der Waals surface area contributed by atoms with E-state index in [1.165, 1.54) is 19.2 Å². The molecule has 5 heteroatoms. The molecule has 0 radical (unpaired) electrons. The molecule has 0 saturated carbocycles. The normalized spacial score (nSPS) is 9.24. The van der Waals surface area contributed by atoms with E-state index in [9.17, 15) is 9.59 Å². The Hall–Kier alpha value is -2.35. The minimum atomic E-state index is -0.676. The molecule has 0 aliphatic rings. The lowest BCUT2D eigenvalue weighted by molar-refractivity contribution is 0.0522. The third kappa shape index (κ3) is 2.42. The van der Waals surface area contributed by atoms with Gasteiger partial charge in [-0.2, -0.15) is 5.26 Å². The first-order valence-corrected chi connectivity index (χ1v) is 4.93. The van der Waals surface area contributed by atoms with E-state index in [-0.39, 0.29) is 29.0 Å². The van der Waals surface area contributed by atoms with Crippen LogP contribution in [0.5, 0.6) is 5.75 Å². The van der Waals surface area contributed by atoms with E-state index in [1.54, 1.807) is 6.92 Å². The molecule has 0 aliphatic carbocycles. The molecule has 1 aromatic rings. The summed E-state index contributed by atoms with van der Waals surface area (Å²) in [5.41, 5.74) is 0.0932. The zero-order chi connectivity index (χ0) is 12.8. The summed E-state index contributed by atoms with van der Waals surface area (Å²) < 4.78 is 9.81. The number of nitriles is 1.